The third-order valence-electron chi connectivity index (χ3n) is 7.11. The molecule has 39 heavy (non-hydrogen) atoms. The van der Waals surface area contributed by atoms with Crippen LogP contribution in [0.15, 0.2) is 59.5 Å². The highest BCUT2D eigenvalue weighted by atomic mass is 32.2. The molecule has 10 heteroatoms. The minimum Gasteiger partial charge on any atom is -0.445 e. The van der Waals surface area contributed by atoms with Crippen LogP contribution in [0.1, 0.15) is 38.3 Å². The van der Waals surface area contributed by atoms with Gasteiger partial charge in [-0.2, -0.15) is 0 Å². The van der Waals surface area contributed by atoms with E-state index in [0.29, 0.717) is 26.1 Å². The van der Waals surface area contributed by atoms with Gasteiger partial charge in [0, 0.05) is 25.6 Å². The summed E-state index contributed by atoms with van der Waals surface area (Å²) in [6, 6.07) is 15.9. The Bertz CT molecular complexity index is 1240. The summed E-state index contributed by atoms with van der Waals surface area (Å²) >= 11 is 0. The van der Waals surface area contributed by atoms with Crippen LogP contribution in [-0.2, 0) is 30.7 Å². The van der Waals surface area contributed by atoms with E-state index in [9.17, 15) is 18.0 Å². The van der Waals surface area contributed by atoms with E-state index in [1.54, 1.807) is 34.1 Å². The van der Waals surface area contributed by atoms with Crippen molar-refractivity contribution in [2.24, 2.45) is 11.8 Å². The number of hydrogen-bond acceptors (Lipinski definition) is 7. The fourth-order valence-electron chi connectivity index (χ4n) is 5.16. The fraction of sp³-hybridized carbons (Fsp3) is 0.517. The van der Waals surface area contributed by atoms with Crippen LogP contribution in [0.4, 0.5) is 9.59 Å². The molecule has 2 aliphatic rings. The molecule has 0 saturated carbocycles. The Morgan fingerprint density at radius 2 is 1.67 bits per heavy atom. The van der Waals surface area contributed by atoms with Gasteiger partial charge in [-0.05, 0) is 57.7 Å². The van der Waals surface area contributed by atoms with Gasteiger partial charge in [-0.3, -0.25) is 0 Å². The molecule has 2 fully saturated rings. The minimum atomic E-state index is -3.60. The Balaban J connectivity index is 1.40. The van der Waals surface area contributed by atoms with E-state index in [0.717, 1.165) is 11.1 Å². The van der Waals surface area contributed by atoms with E-state index in [1.165, 1.54) is 0 Å². The van der Waals surface area contributed by atoms with Gasteiger partial charge in [0.2, 0.25) is 9.84 Å². The van der Waals surface area contributed by atoms with Gasteiger partial charge >= 0.3 is 12.2 Å². The molecule has 9 nitrogen and oxygen atoms in total. The number of piperidine rings is 1. The van der Waals surface area contributed by atoms with Gasteiger partial charge in [0.25, 0.3) is 0 Å². The average Bonchev–Trinajstić information content (AvgIpc) is 3.25. The van der Waals surface area contributed by atoms with Gasteiger partial charge in [-0.1, -0.05) is 48.0 Å². The lowest BCUT2D eigenvalue weighted by atomic mass is 9.85. The van der Waals surface area contributed by atoms with Gasteiger partial charge in [0.05, 0.1) is 17.5 Å². The lowest BCUT2D eigenvalue weighted by molar-refractivity contribution is 0.0106. The molecule has 212 valence electrons. The standard InChI is InChI=1S/C29H38N2O7S/c1-21-10-12-24(13-11-21)39(34,35)20-36-19-23-16-31(28(33)38-29(2,3)4)26-17-30(15-14-25(23)26)27(32)37-18-22-8-6-5-7-9-22/h5-13,23,25-26H,14-20H2,1-4H3. The molecule has 3 unspecified atom stereocenters. The maximum Gasteiger partial charge on any atom is 0.410 e. The predicted molar refractivity (Wildman–Crippen MR) is 146 cm³/mol. The lowest BCUT2D eigenvalue weighted by Gasteiger charge is -2.38. The number of aryl methyl sites for hydroxylation is 1. The third-order valence-corrected chi connectivity index (χ3v) is 8.58. The molecule has 0 N–H and O–H groups in total. The molecular formula is C29H38N2O7S. The summed E-state index contributed by atoms with van der Waals surface area (Å²) in [5, 5.41) is 0. The summed E-state index contributed by atoms with van der Waals surface area (Å²) < 4.78 is 42.4. The second-order valence-electron chi connectivity index (χ2n) is 11.3. The predicted octanol–water partition coefficient (Wildman–Crippen LogP) is 4.64. The molecule has 2 amide bonds. The number of rotatable bonds is 7. The number of benzene rings is 2. The number of sulfone groups is 1. The van der Waals surface area contributed by atoms with E-state index in [-0.39, 0.29) is 36.0 Å². The molecule has 3 atom stereocenters. The normalized spacial score (nSPS) is 21.4. The van der Waals surface area contributed by atoms with Crippen molar-refractivity contribution in [1.29, 1.82) is 0 Å². The number of amides is 2. The number of fused-ring (bicyclic) bond motifs is 1. The van der Waals surface area contributed by atoms with E-state index in [2.05, 4.69) is 0 Å². The number of ether oxygens (including phenoxy) is 3. The second-order valence-corrected chi connectivity index (χ2v) is 13.3. The molecular weight excluding hydrogens is 520 g/mol. The molecule has 4 rings (SSSR count). The minimum absolute atomic E-state index is 0.0396. The highest BCUT2D eigenvalue weighted by Gasteiger charge is 2.48. The fourth-order valence-corrected chi connectivity index (χ4v) is 6.16. The van der Waals surface area contributed by atoms with Crippen LogP contribution in [0.25, 0.3) is 0 Å². The molecule has 0 aliphatic carbocycles. The van der Waals surface area contributed by atoms with Crippen molar-refractivity contribution in [2.75, 3.05) is 32.2 Å². The molecule has 0 bridgehead atoms. The Labute approximate surface area is 230 Å². The molecule has 0 spiro atoms. The van der Waals surface area contributed by atoms with E-state index >= 15 is 0 Å². The average molecular weight is 559 g/mol. The highest BCUT2D eigenvalue weighted by molar-refractivity contribution is 7.91. The molecule has 2 aromatic carbocycles. The molecule has 0 aromatic heterocycles. The van der Waals surface area contributed by atoms with Gasteiger partial charge in [-0.15, -0.1) is 0 Å². The maximum atomic E-state index is 13.1. The summed E-state index contributed by atoms with van der Waals surface area (Å²) in [6.45, 7) is 8.84. The quantitative estimate of drug-likeness (QED) is 0.488. The largest absolute Gasteiger partial charge is 0.445 e. The van der Waals surface area contributed by atoms with E-state index < -0.39 is 33.6 Å². The van der Waals surface area contributed by atoms with Crippen molar-refractivity contribution in [2.45, 2.75) is 57.3 Å². The molecule has 2 aliphatic heterocycles. The second kappa shape index (κ2) is 12.0. The number of carbonyl (C=O) groups excluding carboxylic acids is 2. The van der Waals surface area contributed by atoms with Crippen molar-refractivity contribution in [3.63, 3.8) is 0 Å². The highest BCUT2D eigenvalue weighted by Crippen LogP contribution is 2.37. The van der Waals surface area contributed by atoms with Crippen LogP contribution in [0.3, 0.4) is 0 Å². The first-order valence-corrected chi connectivity index (χ1v) is 14.9. The van der Waals surface area contributed by atoms with Crippen LogP contribution in [0.2, 0.25) is 0 Å². The van der Waals surface area contributed by atoms with Crippen LogP contribution < -0.4 is 0 Å². The van der Waals surface area contributed by atoms with Crippen LogP contribution in [0, 0.1) is 18.8 Å². The van der Waals surface area contributed by atoms with Gasteiger partial charge in [-0.25, -0.2) is 18.0 Å². The first-order chi connectivity index (χ1) is 18.4. The molecule has 2 aromatic rings. The molecule has 2 saturated heterocycles. The first-order valence-electron chi connectivity index (χ1n) is 13.3. The Morgan fingerprint density at radius 1 is 0.974 bits per heavy atom. The van der Waals surface area contributed by atoms with Crippen LogP contribution >= 0.6 is 0 Å². The van der Waals surface area contributed by atoms with E-state index in [4.69, 9.17) is 14.2 Å². The number of carbonyl (C=O) groups is 2. The van der Waals surface area contributed by atoms with Gasteiger partial charge < -0.3 is 24.0 Å². The van der Waals surface area contributed by atoms with Gasteiger partial charge in [0.1, 0.15) is 12.2 Å². The van der Waals surface area contributed by atoms with Crippen molar-refractivity contribution < 1.29 is 32.2 Å². The zero-order valence-electron chi connectivity index (χ0n) is 23.0. The van der Waals surface area contributed by atoms with Crippen molar-refractivity contribution in [1.82, 2.24) is 9.80 Å². The Hall–Kier alpha value is -3.11. The summed E-state index contributed by atoms with van der Waals surface area (Å²) in [7, 11) is -3.60. The topological polar surface area (TPSA) is 102 Å². The summed E-state index contributed by atoms with van der Waals surface area (Å²) in [5.74, 6) is -0.482. The van der Waals surface area contributed by atoms with Gasteiger partial charge in [0.15, 0.2) is 5.94 Å². The molecule has 2 heterocycles. The number of nitrogens with zero attached hydrogens (tertiary/aromatic N) is 2. The van der Waals surface area contributed by atoms with E-state index in [1.807, 2.05) is 58.0 Å². The van der Waals surface area contributed by atoms with Crippen molar-refractivity contribution in [3.05, 3.63) is 65.7 Å². The van der Waals surface area contributed by atoms with Crippen molar-refractivity contribution >= 4 is 22.0 Å². The smallest absolute Gasteiger partial charge is 0.410 e. The summed E-state index contributed by atoms with van der Waals surface area (Å²) in [5.41, 5.74) is 1.20. The molecule has 0 radical (unpaired) electrons. The first kappa shape index (κ1) is 28.9. The SMILES string of the molecule is Cc1ccc(S(=O)(=O)COCC2CN(C(=O)OC(C)(C)C)C3CN(C(=O)OCc4ccccc4)CCC23)cc1. The lowest BCUT2D eigenvalue weighted by Crippen LogP contribution is -2.52. The monoisotopic (exact) mass is 558 g/mol. The third kappa shape index (κ3) is 7.51. The number of likely N-dealkylation sites (tertiary alicyclic amines) is 2. The zero-order valence-corrected chi connectivity index (χ0v) is 23.9. The van der Waals surface area contributed by atoms with Crippen LogP contribution in [-0.4, -0.2) is 74.2 Å². The zero-order chi connectivity index (χ0) is 28.2. The maximum absolute atomic E-state index is 13.1. The summed E-state index contributed by atoms with van der Waals surface area (Å²) in [4.78, 5) is 29.5. The number of hydrogen-bond donors (Lipinski definition) is 0. The van der Waals surface area contributed by atoms with Crippen molar-refractivity contribution in [3.8, 4) is 0 Å². The summed E-state index contributed by atoms with van der Waals surface area (Å²) in [6.07, 6.45) is -0.236. The van der Waals surface area contributed by atoms with Crippen LogP contribution in [0.5, 0.6) is 0 Å². The Kier molecular flexibility index (Phi) is 8.86. The Morgan fingerprint density at radius 3 is 2.33 bits per heavy atom.